The van der Waals surface area contributed by atoms with Crippen LogP contribution >= 0.6 is 11.6 Å². The van der Waals surface area contributed by atoms with Crippen molar-refractivity contribution in [2.45, 2.75) is 27.7 Å². The number of ether oxygens (including phenoxy) is 3. The van der Waals surface area contributed by atoms with Crippen LogP contribution in [0.5, 0.6) is 17.2 Å². The molecule has 0 bridgehead atoms. The van der Waals surface area contributed by atoms with E-state index in [0.29, 0.717) is 59.0 Å². The number of hydrogen-bond acceptors (Lipinski definition) is 6. The SMILES string of the molecule is CCOc1cc(C(=O)N/N=C\c2c(C)nn(-c3ccccc3)c2Cl)cc(OCC)c1OCC. The van der Waals surface area contributed by atoms with E-state index in [4.69, 9.17) is 25.8 Å². The third kappa shape index (κ3) is 5.64. The monoisotopic (exact) mass is 470 g/mol. The maximum absolute atomic E-state index is 12.8. The van der Waals surface area contributed by atoms with Crippen LogP contribution in [0.25, 0.3) is 5.69 Å². The molecule has 1 heterocycles. The number of benzene rings is 2. The average molecular weight is 471 g/mol. The van der Waals surface area contributed by atoms with Gasteiger partial charge in [0.25, 0.3) is 5.91 Å². The molecule has 1 N–H and O–H groups in total. The third-order valence-electron chi connectivity index (χ3n) is 4.58. The van der Waals surface area contributed by atoms with E-state index in [1.165, 1.54) is 6.21 Å². The maximum Gasteiger partial charge on any atom is 0.271 e. The van der Waals surface area contributed by atoms with Crippen molar-refractivity contribution in [3.63, 3.8) is 0 Å². The summed E-state index contributed by atoms with van der Waals surface area (Å²) in [6, 6.07) is 12.7. The number of nitrogens with zero attached hydrogens (tertiary/aromatic N) is 3. The van der Waals surface area contributed by atoms with Crippen molar-refractivity contribution in [2.75, 3.05) is 19.8 Å². The molecule has 0 radical (unpaired) electrons. The largest absolute Gasteiger partial charge is 0.490 e. The zero-order valence-corrected chi connectivity index (χ0v) is 19.8. The predicted molar refractivity (Wildman–Crippen MR) is 128 cm³/mol. The highest BCUT2D eigenvalue weighted by molar-refractivity contribution is 6.32. The molecule has 0 saturated heterocycles. The Morgan fingerprint density at radius 1 is 1.06 bits per heavy atom. The number of carbonyl (C=O) groups excluding carboxylic acids is 1. The highest BCUT2D eigenvalue weighted by Crippen LogP contribution is 2.39. The molecule has 1 amide bonds. The Hall–Kier alpha value is -3.52. The Morgan fingerprint density at radius 3 is 2.24 bits per heavy atom. The first kappa shape index (κ1) is 24.1. The smallest absolute Gasteiger partial charge is 0.271 e. The van der Waals surface area contributed by atoms with E-state index < -0.39 is 5.91 Å². The minimum atomic E-state index is -0.430. The van der Waals surface area contributed by atoms with E-state index >= 15 is 0 Å². The van der Waals surface area contributed by atoms with E-state index in [0.717, 1.165) is 5.69 Å². The first-order valence-corrected chi connectivity index (χ1v) is 11.1. The van der Waals surface area contributed by atoms with Crippen LogP contribution in [0.15, 0.2) is 47.6 Å². The molecule has 0 fully saturated rings. The number of nitrogens with one attached hydrogen (secondary N) is 1. The fraction of sp³-hybridized carbons (Fsp3) is 0.292. The number of aryl methyl sites for hydroxylation is 1. The van der Waals surface area contributed by atoms with Crippen LogP contribution in [-0.2, 0) is 0 Å². The number of rotatable bonds is 10. The van der Waals surface area contributed by atoms with Crippen LogP contribution in [-0.4, -0.2) is 41.7 Å². The zero-order valence-electron chi connectivity index (χ0n) is 19.1. The van der Waals surface area contributed by atoms with Crippen molar-refractivity contribution < 1.29 is 19.0 Å². The molecular weight excluding hydrogens is 444 g/mol. The van der Waals surface area contributed by atoms with Crippen molar-refractivity contribution in [1.82, 2.24) is 15.2 Å². The molecule has 0 aliphatic rings. The van der Waals surface area contributed by atoms with Gasteiger partial charge >= 0.3 is 0 Å². The van der Waals surface area contributed by atoms with Gasteiger partial charge in [0.1, 0.15) is 5.15 Å². The molecule has 0 spiro atoms. The van der Waals surface area contributed by atoms with Gasteiger partial charge in [-0.25, -0.2) is 10.1 Å². The van der Waals surface area contributed by atoms with Gasteiger partial charge in [-0.05, 0) is 52.0 Å². The molecular formula is C24H27ClN4O4. The first-order chi connectivity index (χ1) is 16.0. The minimum Gasteiger partial charge on any atom is -0.490 e. The quantitative estimate of drug-likeness (QED) is 0.340. The van der Waals surface area contributed by atoms with Crippen LogP contribution in [0.2, 0.25) is 5.15 Å². The molecule has 174 valence electrons. The lowest BCUT2D eigenvalue weighted by Crippen LogP contribution is -2.18. The van der Waals surface area contributed by atoms with Crippen molar-refractivity contribution in [2.24, 2.45) is 5.10 Å². The molecule has 8 nitrogen and oxygen atoms in total. The highest BCUT2D eigenvalue weighted by atomic mass is 35.5. The predicted octanol–water partition coefficient (Wildman–Crippen LogP) is 4.79. The van der Waals surface area contributed by atoms with Crippen LogP contribution in [0.1, 0.15) is 42.4 Å². The Labute approximate surface area is 198 Å². The van der Waals surface area contributed by atoms with Crippen molar-refractivity contribution in [1.29, 1.82) is 0 Å². The van der Waals surface area contributed by atoms with Crippen molar-refractivity contribution in [3.05, 3.63) is 64.4 Å². The third-order valence-corrected chi connectivity index (χ3v) is 4.94. The Morgan fingerprint density at radius 2 is 1.67 bits per heavy atom. The zero-order chi connectivity index (χ0) is 23.8. The van der Waals surface area contributed by atoms with E-state index in [9.17, 15) is 4.79 Å². The molecule has 0 unspecified atom stereocenters. The fourth-order valence-electron chi connectivity index (χ4n) is 3.14. The van der Waals surface area contributed by atoms with Gasteiger partial charge in [-0.1, -0.05) is 29.8 Å². The lowest BCUT2D eigenvalue weighted by molar-refractivity contribution is 0.0954. The molecule has 2 aromatic carbocycles. The van der Waals surface area contributed by atoms with Crippen LogP contribution in [0, 0.1) is 6.92 Å². The molecule has 3 aromatic rings. The summed E-state index contributed by atoms with van der Waals surface area (Å²) in [6.45, 7) is 8.67. The highest BCUT2D eigenvalue weighted by Gasteiger charge is 2.18. The number of carbonyl (C=O) groups is 1. The van der Waals surface area contributed by atoms with Gasteiger partial charge in [0.05, 0.1) is 43.0 Å². The van der Waals surface area contributed by atoms with Crippen molar-refractivity contribution in [3.8, 4) is 22.9 Å². The second kappa shape index (κ2) is 11.4. The number of hydrogen-bond donors (Lipinski definition) is 1. The first-order valence-electron chi connectivity index (χ1n) is 10.7. The molecule has 0 aliphatic carbocycles. The van der Waals surface area contributed by atoms with E-state index in [1.54, 1.807) is 16.8 Å². The second-order valence-corrected chi connectivity index (χ2v) is 7.20. The molecule has 33 heavy (non-hydrogen) atoms. The van der Waals surface area contributed by atoms with Gasteiger partial charge in [-0.3, -0.25) is 4.79 Å². The summed E-state index contributed by atoms with van der Waals surface area (Å²) in [5.74, 6) is 0.905. The number of hydrazone groups is 1. The Kier molecular flexibility index (Phi) is 8.32. The summed E-state index contributed by atoms with van der Waals surface area (Å²) in [5.41, 5.74) is 4.97. The normalized spacial score (nSPS) is 10.9. The second-order valence-electron chi connectivity index (χ2n) is 6.84. The number of para-hydroxylation sites is 1. The van der Waals surface area contributed by atoms with Crippen molar-refractivity contribution >= 4 is 23.7 Å². The summed E-state index contributed by atoms with van der Waals surface area (Å²) >= 11 is 6.50. The molecule has 3 rings (SSSR count). The summed E-state index contributed by atoms with van der Waals surface area (Å²) < 4.78 is 18.6. The van der Waals surface area contributed by atoms with E-state index in [2.05, 4.69) is 15.6 Å². The summed E-state index contributed by atoms with van der Waals surface area (Å²) in [4.78, 5) is 12.8. The van der Waals surface area contributed by atoms with Crippen LogP contribution in [0.4, 0.5) is 0 Å². The minimum absolute atomic E-state index is 0.324. The number of amides is 1. The molecule has 1 aromatic heterocycles. The average Bonchev–Trinajstić information content (AvgIpc) is 3.10. The van der Waals surface area contributed by atoms with E-state index in [1.807, 2.05) is 58.0 Å². The molecule has 9 heteroatoms. The van der Waals surface area contributed by atoms with Gasteiger partial charge < -0.3 is 14.2 Å². The lowest BCUT2D eigenvalue weighted by Gasteiger charge is -2.16. The van der Waals surface area contributed by atoms with Crippen LogP contribution < -0.4 is 19.6 Å². The fourth-order valence-corrected chi connectivity index (χ4v) is 3.46. The van der Waals surface area contributed by atoms with Gasteiger partial charge in [0.2, 0.25) is 5.75 Å². The number of aromatic nitrogens is 2. The van der Waals surface area contributed by atoms with Gasteiger partial charge in [0.15, 0.2) is 11.5 Å². The standard InChI is InChI=1S/C24H27ClN4O4/c1-5-31-20-13-17(14-21(32-6-2)22(20)33-7-3)24(30)27-26-15-19-16(4)28-29(23(19)25)18-11-9-8-10-12-18/h8-15H,5-7H2,1-4H3,(H,27,30)/b26-15-. The topological polar surface area (TPSA) is 87.0 Å². The summed E-state index contributed by atoms with van der Waals surface area (Å²) in [5, 5.41) is 8.94. The molecule has 0 saturated carbocycles. The van der Waals surface area contributed by atoms with E-state index in [-0.39, 0.29) is 0 Å². The number of halogens is 1. The molecule has 0 aliphatic heterocycles. The molecule has 0 atom stereocenters. The van der Waals surface area contributed by atoms with Gasteiger partial charge in [-0.2, -0.15) is 10.2 Å². The van der Waals surface area contributed by atoms with Crippen LogP contribution in [0.3, 0.4) is 0 Å². The van der Waals surface area contributed by atoms with Gasteiger partial charge in [0, 0.05) is 5.56 Å². The summed E-state index contributed by atoms with van der Waals surface area (Å²) in [6.07, 6.45) is 1.48. The maximum atomic E-state index is 12.8. The Bertz CT molecular complexity index is 1100. The van der Waals surface area contributed by atoms with Gasteiger partial charge in [-0.15, -0.1) is 0 Å². The summed E-state index contributed by atoms with van der Waals surface area (Å²) in [7, 11) is 0. The lowest BCUT2D eigenvalue weighted by atomic mass is 10.1. The Balaban J connectivity index is 1.83.